The third kappa shape index (κ3) is 6.57. The zero-order chi connectivity index (χ0) is 22.1. The summed E-state index contributed by atoms with van der Waals surface area (Å²) in [6.07, 6.45) is 0.0679. The molecule has 0 aliphatic carbocycles. The molecule has 2 rings (SSSR count). The fourth-order valence-electron chi connectivity index (χ4n) is 3.78. The van der Waals surface area contributed by atoms with Crippen molar-refractivity contribution in [1.29, 1.82) is 0 Å². The molecule has 0 spiro atoms. The Morgan fingerprint density at radius 1 is 0.933 bits per heavy atom. The van der Waals surface area contributed by atoms with Crippen molar-refractivity contribution in [3.05, 3.63) is 60.2 Å². The molecule has 2 aromatic carbocycles. The van der Waals surface area contributed by atoms with Crippen LogP contribution in [-0.2, 0) is 14.3 Å². The lowest BCUT2D eigenvalue weighted by molar-refractivity contribution is -0.149. The summed E-state index contributed by atoms with van der Waals surface area (Å²) in [7, 11) is 3.11. The van der Waals surface area contributed by atoms with E-state index in [9.17, 15) is 9.59 Å². The SMILES string of the molecule is COc1ccccc1C(CC(C)C(OC)C(=O)Oc1ccccc1)C(C)CC(=O)Cl. The zero-order valence-corrected chi connectivity index (χ0v) is 18.6. The number of esters is 1. The Hall–Kier alpha value is -2.37. The van der Waals surface area contributed by atoms with E-state index in [1.54, 1.807) is 31.4 Å². The second-order valence-corrected chi connectivity index (χ2v) is 7.91. The van der Waals surface area contributed by atoms with Gasteiger partial charge in [-0.25, -0.2) is 4.79 Å². The van der Waals surface area contributed by atoms with Crippen LogP contribution in [0.3, 0.4) is 0 Å². The smallest absolute Gasteiger partial charge is 0.340 e. The van der Waals surface area contributed by atoms with Gasteiger partial charge in [-0.15, -0.1) is 0 Å². The third-order valence-electron chi connectivity index (χ3n) is 5.30. The molecule has 0 aliphatic heterocycles. The van der Waals surface area contributed by atoms with Gasteiger partial charge in [0.25, 0.3) is 0 Å². The number of ether oxygens (including phenoxy) is 3. The van der Waals surface area contributed by atoms with Gasteiger partial charge in [0.05, 0.1) is 7.11 Å². The van der Waals surface area contributed by atoms with E-state index in [0.29, 0.717) is 12.2 Å². The summed E-state index contributed by atoms with van der Waals surface area (Å²) >= 11 is 5.68. The van der Waals surface area contributed by atoms with Crippen LogP contribution in [0.5, 0.6) is 11.5 Å². The molecule has 0 N–H and O–H groups in total. The first kappa shape index (κ1) is 23.9. The maximum atomic E-state index is 12.7. The Labute approximate surface area is 183 Å². The number of para-hydroxylation sites is 2. The molecule has 4 unspecified atom stereocenters. The summed E-state index contributed by atoms with van der Waals surface area (Å²) in [5, 5.41) is -0.387. The standard InChI is InChI=1S/C24H29ClO5/c1-16(15-22(25)26)20(19-12-8-9-13-21(19)28-3)14-17(2)23(29-4)24(27)30-18-10-6-5-7-11-18/h5-13,16-17,20,23H,14-15H2,1-4H3. The lowest BCUT2D eigenvalue weighted by Crippen LogP contribution is -2.35. The van der Waals surface area contributed by atoms with Crippen LogP contribution in [0, 0.1) is 11.8 Å². The molecular weight excluding hydrogens is 404 g/mol. The summed E-state index contributed by atoms with van der Waals surface area (Å²) in [5.74, 6) is 0.492. The highest BCUT2D eigenvalue weighted by Gasteiger charge is 2.32. The van der Waals surface area contributed by atoms with Crippen LogP contribution >= 0.6 is 11.6 Å². The highest BCUT2D eigenvalue weighted by Crippen LogP contribution is 2.39. The molecule has 0 radical (unpaired) electrons. The number of hydrogen-bond acceptors (Lipinski definition) is 5. The summed E-state index contributed by atoms with van der Waals surface area (Å²) in [6.45, 7) is 3.92. The van der Waals surface area contributed by atoms with Gasteiger partial charge in [-0.1, -0.05) is 50.2 Å². The second kappa shape index (κ2) is 11.7. The minimum absolute atomic E-state index is 0.0450. The lowest BCUT2D eigenvalue weighted by Gasteiger charge is -2.30. The number of carbonyl (C=O) groups is 2. The van der Waals surface area contributed by atoms with Crippen LogP contribution in [0.1, 0.15) is 38.2 Å². The number of hydrogen-bond donors (Lipinski definition) is 0. The van der Waals surface area contributed by atoms with Crippen molar-refractivity contribution in [3.63, 3.8) is 0 Å². The first-order valence-electron chi connectivity index (χ1n) is 9.98. The summed E-state index contributed by atoms with van der Waals surface area (Å²) in [5.41, 5.74) is 0.976. The van der Waals surface area contributed by atoms with E-state index >= 15 is 0 Å². The molecule has 0 bridgehead atoms. The van der Waals surface area contributed by atoms with E-state index in [1.807, 2.05) is 44.2 Å². The van der Waals surface area contributed by atoms with Crippen LogP contribution in [0.4, 0.5) is 0 Å². The largest absolute Gasteiger partial charge is 0.496 e. The van der Waals surface area contributed by atoms with Gasteiger partial charge in [-0.2, -0.15) is 0 Å². The van der Waals surface area contributed by atoms with Crippen molar-refractivity contribution in [3.8, 4) is 11.5 Å². The Balaban J connectivity index is 2.23. The number of halogens is 1. The molecule has 0 saturated carbocycles. The molecule has 6 heteroatoms. The Morgan fingerprint density at radius 2 is 1.57 bits per heavy atom. The van der Waals surface area contributed by atoms with Crippen LogP contribution in [0.15, 0.2) is 54.6 Å². The quantitative estimate of drug-likeness (QED) is 0.277. The van der Waals surface area contributed by atoms with Crippen LogP contribution in [-0.4, -0.2) is 31.5 Å². The monoisotopic (exact) mass is 432 g/mol. The average Bonchev–Trinajstić information content (AvgIpc) is 2.72. The van der Waals surface area contributed by atoms with Crippen molar-refractivity contribution in [2.75, 3.05) is 14.2 Å². The number of methoxy groups -OCH3 is 2. The van der Waals surface area contributed by atoms with E-state index in [-0.39, 0.29) is 29.4 Å². The van der Waals surface area contributed by atoms with E-state index in [2.05, 4.69) is 0 Å². The van der Waals surface area contributed by atoms with Gasteiger partial charge in [0.1, 0.15) is 11.5 Å². The Bertz CT molecular complexity index is 823. The van der Waals surface area contributed by atoms with E-state index in [4.69, 9.17) is 25.8 Å². The summed E-state index contributed by atoms with van der Waals surface area (Å²) < 4.78 is 16.5. The van der Waals surface area contributed by atoms with Crippen LogP contribution < -0.4 is 9.47 Å². The Morgan fingerprint density at radius 3 is 2.17 bits per heavy atom. The molecule has 4 atom stereocenters. The van der Waals surface area contributed by atoms with E-state index in [1.165, 1.54) is 7.11 Å². The molecule has 162 valence electrons. The summed E-state index contributed by atoms with van der Waals surface area (Å²) in [6, 6.07) is 16.6. The molecule has 0 fully saturated rings. The van der Waals surface area contributed by atoms with E-state index in [0.717, 1.165) is 11.3 Å². The fraction of sp³-hybridized carbons (Fsp3) is 0.417. The molecule has 0 aromatic heterocycles. The molecule has 30 heavy (non-hydrogen) atoms. The molecular formula is C24H29ClO5. The minimum Gasteiger partial charge on any atom is -0.496 e. The molecule has 2 aromatic rings. The van der Waals surface area contributed by atoms with Crippen molar-refractivity contribution in [1.82, 2.24) is 0 Å². The first-order valence-corrected chi connectivity index (χ1v) is 10.4. The number of benzene rings is 2. The van der Waals surface area contributed by atoms with Crippen LogP contribution in [0.25, 0.3) is 0 Å². The molecule has 0 saturated heterocycles. The third-order valence-corrected chi connectivity index (χ3v) is 5.45. The predicted molar refractivity (Wildman–Crippen MR) is 117 cm³/mol. The van der Waals surface area contributed by atoms with Crippen molar-refractivity contribution < 1.29 is 23.8 Å². The molecule has 0 amide bonds. The van der Waals surface area contributed by atoms with Gasteiger partial charge in [0.2, 0.25) is 5.24 Å². The lowest BCUT2D eigenvalue weighted by atomic mass is 9.78. The zero-order valence-electron chi connectivity index (χ0n) is 17.8. The number of carbonyl (C=O) groups excluding carboxylic acids is 2. The maximum Gasteiger partial charge on any atom is 0.340 e. The molecule has 5 nitrogen and oxygen atoms in total. The van der Waals surface area contributed by atoms with Gasteiger partial charge >= 0.3 is 5.97 Å². The maximum absolute atomic E-state index is 12.7. The van der Waals surface area contributed by atoms with Gasteiger partial charge in [0, 0.05) is 13.5 Å². The highest BCUT2D eigenvalue weighted by molar-refractivity contribution is 6.63. The van der Waals surface area contributed by atoms with Crippen LogP contribution in [0.2, 0.25) is 0 Å². The predicted octanol–water partition coefficient (Wildman–Crippen LogP) is 5.22. The highest BCUT2D eigenvalue weighted by atomic mass is 35.5. The van der Waals surface area contributed by atoms with Gasteiger partial charge in [-0.3, -0.25) is 4.79 Å². The normalized spacial score (nSPS) is 15.0. The molecule has 0 heterocycles. The van der Waals surface area contributed by atoms with E-state index < -0.39 is 12.1 Å². The molecule has 0 aliphatic rings. The van der Waals surface area contributed by atoms with Crippen molar-refractivity contribution >= 4 is 22.8 Å². The topological polar surface area (TPSA) is 61.8 Å². The van der Waals surface area contributed by atoms with Gasteiger partial charge in [0.15, 0.2) is 6.10 Å². The van der Waals surface area contributed by atoms with Crippen molar-refractivity contribution in [2.24, 2.45) is 11.8 Å². The first-order chi connectivity index (χ1) is 14.4. The van der Waals surface area contributed by atoms with Crippen molar-refractivity contribution in [2.45, 2.75) is 38.7 Å². The second-order valence-electron chi connectivity index (χ2n) is 7.49. The van der Waals surface area contributed by atoms with Gasteiger partial charge < -0.3 is 14.2 Å². The average molecular weight is 433 g/mol. The fourth-order valence-corrected chi connectivity index (χ4v) is 4.03. The summed E-state index contributed by atoms with van der Waals surface area (Å²) in [4.78, 5) is 24.3. The minimum atomic E-state index is -0.749. The number of rotatable bonds is 11. The van der Waals surface area contributed by atoms with Gasteiger partial charge in [-0.05, 0) is 59.5 Å². The Kier molecular flexibility index (Phi) is 9.34.